The smallest absolute Gasteiger partial charge is 0.338 e. The van der Waals surface area contributed by atoms with Gasteiger partial charge in [-0.25, -0.2) is 9.59 Å². The van der Waals surface area contributed by atoms with Crippen molar-refractivity contribution in [3.63, 3.8) is 0 Å². The maximum atomic E-state index is 12.9. The molecule has 0 fully saturated rings. The highest BCUT2D eigenvalue weighted by Gasteiger charge is 2.33. The predicted molar refractivity (Wildman–Crippen MR) is 129 cm³/mol. The highest BCUT2D eigenvalue weighted by atomic mass is 35.5. The van der Waals surface area contributed by atoms with Gasteiger partial charge in [-0.2, -0.15) is 0 Å². The van der Waals surface area contributed by atoms with Crippen molar-refractivity contribution in [3.8, 4) is 5.75 Å². The van der Waals surface area contributed by atoms with Gasteiger partial charge in [0, 0.05) is 21.3 Å². The van der Waals surface area contributed by atoms with E-state index in [1.165, 1.54) is 0 Å². The van der Waals surface area contributed by atoms with Crippen molar-refractivity contribution < 1.29 is 19.1 Å². The average molecular weight is 491 g/mol. The quantitative estimate of drug-likeness (QED) is 0.403. The number of hydrogen-bond acceptors (Lipinski definition) is 4. The number of nitrogens with one attached hydrogen (secondary N) is 2. The standard InChI is InChI=1S/C25H28Cl2N2O4/c1-4-5-6-21-22(24(30)33-15(2)3)23(29-25(31)28-21)16-8-11-19(12-9-16)32-14-17-7-10-18(26)13-20(17)27/h7-13,15,23H,4-6,14H2,1-3H3,(H2,28,29,31). The summed E-state index contributed by atoms with van der Waals surface area (Å²) in [5, 5.41) is 6.75. The predicted octanol–water partition coefficient (Wildman–Crippen LogP) is 6.32. The molecule has 2 N–H and O–H groups in total. The number of ether oxygens (including phenoxy) is 2. The number of esters is 1. The van der Waals surface area contributed by atoms with Gasteiger partial charge in [-0.15, -0.1) is 0 Å². The fraction of sp³-hybridized carbons (Fsp3) is 0.360. The summed E-state index contributed by atoms with van der Waals surface area (Å²) in [6.07, 6.45) is 2.10. The zero-order valence-electron chi connectivity index (χ0n) is 18.9. The highest BCUT2D eigenvalue weighted by molar-refractivity contribution is 6.35. The van der Waals surface area contributed by atoms with Crippen LogP contribution in [0.5, 0.6) is 5.75 Å². The Balaban J connectivity index is 1.82. The van der Waals surface area contributed by atoms with Gasteiger partial charge in [-0.1, -0.05) is 54.7 Å². The van der Waals surface area contributed by atoms with Crippen molar-refractivity contribution in [1.29, 1.82) is 0 Å². The SMILES string of the molecule is CCCCC1=C(C(=O)OC(C)C)C(c2ccc(OCc3ccc(Cl)cc3Cl)cc2)NC(=O)N1. The second-order valence-electron chi connectivity index (χ2n) is 8.07. The minimum atomic E-state index is -0.614. The normalized spacial score (nSPS) is 15.8. The summed E-state index contributed by atoms with van der Waals surface area (Å²) in [6, 6.07) is 11.5. The van der Waals surface area contributed by atoms with Gasteiger partial charge >= 0.3 is 12.0 Å². The second-order valence-corrected chi connectivity index (χ2v) is 8.92. The van der Waals surface area contributed by atoms with Crippen molar-refractivity contribution in [2.24, 2.45) is 0 Å². The molecule has 176 valence electrons. The number of amides is 2. The molecule has 1 aliphatic heterocycles. The third kappa shape index (κ3) is 6.65. The molecule has 0 saturated carbocycles. The molecule has 8 heteroatoms. The van der Waals surface area contributed by atoms with E-state index in [0.29, 0.717) is 33.5 Å². The van der Waals surface area contributed by atoms with Crippen LogP contribution in [0.15, 0.2) is 53.7 Å². The van der Waals surface area contributed by atoms with Crippen molar-refractivity contribution >= 4 is 35.2 Å². The van der Waals surface area contributed by atoms with Crippen molar-refractivity contribution in [3.05, 3.63) is 74.9 Å². The minimum Gasteiger partial charge on any atom is -0.489 e. The lowest BCUT2D eigenvalue weighted by molar-refractivity contribution is -0.143. The van der Waals surface area contributed by atoms with Crippen LogP contribution < -0.4 is 15.4 Å². The zero-order valence-corrected chi connectivity index (χ0v) is 20.4. The van der Waals surface area contributed by atoms with Crippen LogP contribution in [0.4, 0.5) is 4.79 Å². The van der Waals surface area contributed by atoms with E-state index in [-0.39, 0.29) is 18.7 Å². The van der Waals surface area contributed by atoms with Crippen molar-refractivity contribution in [2.45, 2.75) is 58.8 Å². The van der Waals surface area contributed by atoms with Crippen molar-refractivity contribution in [1.82, 2.24) is 10.6 Å². The highest BCUT2D eigenvalue weighted by Crippen LogP contribution is 2.31. The summed E-state index contributed by atoms with van der Waals surface area (Å²) in [5.41, 5.74) is 2.61. The second kappa shape index (κ2) is 11.4. The van der Waals surface area contributed by atoms with Crippen LogP contribution >= 0.6 is 23.2 Å². The first-order valence-electron chi connectivity index (χ1n) is 11.0. The number of hydrogen-bond donors (Lipinski definition) is 2. The third-order valence-corrected chi connectivity index (χ3v) is 5.71. The van der Waals surface area contributed by atoms with Gasteiger partial charge in [0.1, 0.15) is 12.4 Å². The number of halogens is 2. The summed E-state index contributed by atoms with van der Waals surface area (Å²) < 4.78 is 11.3. The average Bonchev–Trinajstić information content (AvgIpc) is 2.76. The number of allylic oxidation sites excluding steroid dienone is 1. The third-order valence-electron chi connectivity index (χ3n) is 5.12. The molecule has 2 amide bonds. The topological polar surface area (TPSA) is 76.7 Å². The Morgan fingerprint density at radius 1 is 1.12 bits per heavy atom. The molecule has 0 radical (unpaired) electrons. The summed E-state index contributed by atoms with van der Waals surface area (Å²) >= 11 is 12.1. The van der Waals surface area contributed by atoms with E-state index in [9.17, 15) is 9.59 Å². The van der Waals surface area contributed by atoms with Gasteiger partial charge in [0.2, 0.25) is 0 Å². The summed E-state index contributed by atoms with van der Waals surface area (Å²) in [6.45, 7) is 5.94. The number of benzene rings is 2. The Hall–Kier alpha value is -2.70. The molecule has 1 unspecified atom stereocenters. The van der Waals surface area contributed by atoms with E-state index in [2.05, 4.69) is 17.6 Å². The lowest BCUT2D eigenvalue weighted by atomic mass is 9.93. The van der Waals surface area contributed by atoms with Gasteiger partial charge in [-0.05, 0) is 56.5 Å². The molecule has 0 saturated heterocycles. The monoisotopic (exact) mass is 490 g/mol. The Bertz CT molecular complexity index is 1040. The van der Waals surface area contributed by atoms with Crippen LogP contribution in [0.25, 0.3) is 0 Å². The van der Waals surface area contributed by atoms with Crippen molar-refractivity contribution in [2.75, 3.05) is 0 Å². The lowest BCUT2D eigenvalue weighted by Gasteiger charge is -2.30. The molecule has 6 nitrogen and oxygen atoms in total. The summed E-state index contributed by atoms with van der Waals surface area (Å²) in [7, 11) is 0. The first kappa shape index (κ1) is 24.9. The maximum Gasteiger partial charge on any atom is 0.338 e. The van der Waals surface area contributed by atoms with Crippen LogP contribution in [-0.2, 0) is 16.1 Å². The molecule has 3 rings (SSSR count). The summed E-state index contributed by atoms with van der Waals surface area (Å²) in [5.74, 6) is 0.192. The first-order valence-corrected chi connectivity index (χ1v) is 11.7. The fourth-order valence-corrected chi connectivity index (χ4v) is 3.96. The minimum absolute atomic E-state index is 0.272. The van der Waals surface area contributed by atoms with Gasteiger partial charge in [-0.3, -0.25) is 0 Å². The van der Waals surface area contributed by atoms with E-state index >= 15 is 0 Å². The Morgan fingerprint density at radius 3 is 2.48 bits per heavy atom. The molecule has 2 aromatic rings. The van der Waals surface area contributed by atoms with Crippen LogP contribution in [0.1, 0.15) is 57.2 Å². The Labute approximate surface area is 204 Å². The summed E-state index contributed by atoms with van der Waals surface area (Å²) in [4.78, 5) is 25.3. The molecule has 1 aliphatic rings. The van der Waals surface area contributed by atoms with Crippen LogP contribution in [0, 0.1) is 0 Å². The van der Waals surface area contributed by atoms with E-state index in [4.69, 9.17) is 32.7 Å². The van der Waals surface area contributed by atoms with Crippen LogP contribution in [-0.4, -0.2) is 18.1 Å². The van der Waals surface area contributed by atoms with Gasteiger partial charge < -0.3 is 20.1 Å². The zero-order chi connectivity index (χ0) is 24.0. The molecule has 0 spiro atoms. The molecule has 2 aromatic carbocycles. The van der Waals surface area contributed by atoms with Crippen LogP contribution in [0.3, 0.4) is 0 Å². The molecule has 33 heavy (non-hydrogen) atoms. The number of rotatable bonds is 9. The molecule has 0 bridgehead atoms. The Morgan fingerprint density at radius 2 is 1.85 bits per heavy atom. The van der Waals surface area contributed by atoms with Crippen LogP contribution in [0.2, 0.25) is 10.0 Å². The first-order chi connectivity index (χ1) is 15.8. The fourth-order valence-electron chi connectivity index (χ4n) is 3.49. The molecule has 0 aliphatic carbocycles. The van der Waals surface area contributed by atoms with Gasteiger partial charge in [0.05, 0.1) is 17.7 Å². The molecular weight excluding hydrogens is 463 g/mol. The Kier molecular flexibility index (Phi) is 8.64. The van der Waals surface area contributed by atoms with E-state index in [0.717, 1.165) is 24.0 Å². The molecule has 1 heterocycles. The van der Waals surface area contributed by atoms with E-state index in [1.54, 1.807) is 38.1 Å². The van der Waals surface area contributed by atoms with E-state index < -0.39 is 12.0 Å². The van der Waals surface area contributed by atoms with Gasteiger partial charge in [0.25, 0.3) is 0 Å². The molecule has 1 atom stereocenters. The molecule has 0 aromatic heterocycles. The number of carbonyl (C=O) groups excluding carboxylic acids is 2. The maximum absolute atomic E-state index is 12.9. The largest absolute Gasteiger partial charge is 0.489 e. The van der Waals surface area contributed by atoms with E-state index in [1.807, 2.05) is 18.2 Å². The molecular formula is C25H28Cl2N2O4. The number of urea groups is 1. The number of unbranched alkanes of at least 4 members (excludes halogenated alkanes) is 1. The number of carbonyl (C=O) groups is 2. The van der Waals surface area contributed by atoms with Gasteiger partial charge in [0.15, 0.2) is 0 Å². The lowest BCUT2D eigenvalue weighted by Crippen LogP contribution is -2.46.